The Kier molecular flexibility index (Phi) is 5.00. The van der Waals surface area contributed by atoms with Crippen LogP contribution in [-0.2, 0) is 9.84 Å². The number of carbonyl (C=O) groups is 1. The molecule has 1 fully saturated rings. The van der Waals surface area contributed by atoms with E-state index in [-0.39, 0.29) is 35.2 Å². The molecule has 7 nitrogen and oxygen atoms in total. The molecule has 2 heterocycles. The van der Waals surface area contributed by atoms with Crippen molar-refractivity contribution in [2.45, 2.75) is 45.7 Å². The molecule has 0 radical (unpaired) electrons. The second kappa shape index (κ2) is 6.60. The van der Waals surface area contributed by atoms with Gasteiger partial charge in [-0.15, -0.1) is 0 Å². The molecule has 1 aliphatic heterocycles. The Morgan fingerprint density at radius 2 is 2.18 bits per heavy atom. The van der Waals surface area contributed by atoms with Crippen LogP contribution in [-0.4, -0.2) is 47.9 Å². The molecule has 22 heavy (non-hydrogen) atoms. The minimum absolute atomic E-state index is 0.0687. The van der Waals surface area contributed by atoms with E-state index in [0.717, 1.165) is 6.42 Å². The van der Waals surface area contributed by atoms with Gasteiger partial charge in [-0.1, -0.05) is 6.92 Å². The van der Waals surface area contributed by atoms with Gasteiger partial charge in [-0.25, -0.2) is 18.4 Å². The number of nitrogens with zero attached hydrogens (tertiary/aromatic N) is 2. The molecule has 0 aromatic carbocycles. The molecule has 1 saturated heterocycles. The van der Waals surface area contributed by atoms with E-state index in [2.05, 4.69) is 20.6 Å². The monoisotopic (exact) mass is 326 g/mol. The van der Waals surface area contributed by atoms with E-state index < -0.39 is 9.84 Å². The van der Waals surface area contributed by atoms with Crippen molar-refractivity contribution in [3.8, 4) is 0 Å². The average molecular weight is 326 g/mol. The van der Waals surface area contributed by atoms with Crippen LogP contribution in [0.2, 0.25) is 0 Å². The Morgan fingerprint density at radius 1 is 1.45 bits per heavy atom. The fourth-order valence-corrected chi connectivity index (χ4v) is 3.91. The Morgan fingerprint density at radius 3 is 2.77 bits per heavy atom. The van der Waals surface area contributed by atoms with Gasteiger partial charge in [-0.3, -0.25) is 4.79 Å². The lowest BCUT2D eigenvalue weighted by atomic mass is 10.2. The van der Waals surface area contributed by atoms with E-state index in [0.29, 0.717) is 18.1 Å². The second-order valence-corrected chi connectivity index (χ2v) is 7.97. The molecule has 1 aromatic heterocycles. The van der Waals surface area contributed by atoms with E-state index in [4.69, 9.17) is 0 Å². The van der Waals surface area contributed by atoms with Crippen LogP contribution in [0.1, 0.15) is 42.9 Å². The Balaban J connectivity index is 2.11. The normalized spacial score (nSPS) is 21.3. The Labute approximate surface area is 130 Å². The lowest BCUT2D eigenvalue weighted by molar-refractivity contribution is 0.0934. The predicted molar refractivity (Wildman–Crippen MR) is 84.7 cm³/mol. The van der Waals surface area contributed by atoms with Crippen LogP contribution in [0.15, 0.2) is 6.07 Å². The first kappa shape index (κ1) is 16.7. The van der Waals surface area contributed by atoms with Crippen molar-refractivity contribution in [2.24, 2.45) is 0 Å². The fraction of sp³-hybridized carbons (Fsp3) is 0.643. The van der Waals surface area contributed by atoms with Crippen molar-refractivity contribution in [2.75, 3.05) is 16.8 Å². The van der Waals surface area contributed by atoms with Gasteiger partial charge in [0.1, 0.15) is 5.69 Å². The Bertz CT molecular complexity index is 660. The van der Waals surface area contributed by atoms with E-state index >= 15 is 0 Å². The van der Waals surface area contributed by atoms with E-state index in [1.807, 2.05) is 13.8 Å². The SMILES string of the molecule is CCC(C)NC(=O)c1cc(C)nc(NC2CCS(=O)(=O)C2)n1. The number of hydrogen-bond donors (Lipinski definition) is 2. The third kappa shape index (κ3) is 4.40. The minimum Gasteiger partial charge on any atom is -0.350 e. The number of rotatable bonds is 5. The number of aryl methyl sites for hydroxylation is 1. The molecule has 0 saturated carbocycles. The summed E-state index contributed by atoms with van der Waals surface area (Å²) in [7, 11) is -2.97. The number of carbonyl (C=O) groups excluding carboxylic acids is 1. The van der Waals surface area contributed by atoms with Gasteiger partial charge in [0, 0.05) is 17.8 Å². The summed E-state index contributed by atoms with van der Waals surface area (Å²) < 4.78 is 23.0. The molecular weight excluding hydrogens is 304 g/mol. The van der Waals surface area contributed by atoms with Gasteiger partial charge < -0.3 is 10.6 Å². The quantitative estimate of drug-likeness (QED) is 0.834. The number of amides is 1. The molecule has 1 aromatic rings. The summed E-state index contributed by atoms with van der Waals surface area (Å²) in [5.41, 5.74) is 0.948. The van der Waals surface area contributed by atoms with E-state index in [9.17, 15) is 13.2 Å². The van der Waals surface area contributed by atoms with Crippen molar-refractivity contribution in [3.63, 3.8) is 0 Å². The zero-order valence-corrected chi connectivity index (χ0v) is 13.9. The minimum atomic E-state index is -2.97. The van der Waals surface area contributed by atoms with Crippen LogP contribution < -0.4 is 10.6 Å². The predicted octanol–water partition coefficient (Wildman–Crippen LogP) is 0.912. The third-order valence-corrected chi connectivity index (χ3v) is 5.41. The molecule has 0 bridgehead atoms. The van der Waals surface area contributed by atoms with Gasteiger partial charge in [0.05, 0.1) is 11.5 Å². The first-order valence-corrected chi connectivity index (χ1v) is 9.24. The standard InChI is InChI=1S/C14H22N4O3S/c1-4-9(2)15-13(19)12-7-10(3)16-14(18-12)17-11-5-6-22(20,21)8-11/h7,9,11H,4-6,8H2,1-3H3,(H,15,19)(H,16,17,18). The van der Waals surface area contributed by atoms with Gasteiger partial charge in [0.2, 0.25) is 5.95 Å². The van der Waals surface area contributed by atoms with E-state index in [1.165, 1.54) is 0 Å². The maximum atomic E-state index is 12.1. The number of anilines is 1. The van der Waals surface area contributed by atoms with Crippen molar-refractivity contribution < 1.29 is 13.2 Å². The van der Waals surface area contributed by atoms with Crippen LogP contribution in [0.3, 0.4) is 0 Å². The summed E-state index contributed by atoms with van der Waals surface area (Å²) in [6, 6.07) is 1.49. The number of hydrogen-bond acceptors (Lipinski definition) is 6. The molecule has 2 unspecified atom stereocenters. The molecule has 8 heteroatoms. The maximum absolute atomic E-state index is 12.1. The summed E-state index contributed by atoms with van der Waals surface area (Å²) >= 11 is 0. The van der Waals surface area contributed by atoms with Gasteiger partial charge in [-0.05, 0) is 32.8 Å². The molecule has 0 aliphatic carbocycles. The summed E-state index contributed by atoms with van der Waals surface area (Å²) in [5.74, 6) is 0.314. The third-order valence-electron chi connectivity index (χ3n) is 3.64. The smallest absolute Gasteiger partial charge is 0.270 e. The van der Waals surface area contributed by atoms with Crippen LogP contribution in [0, 0.1) is 6.92 Å². The zero-order valence-electron chi connectivity index (χ0n) is 13.1. The van der Waals surface area contributed by atoms with Crippen molar-refractivity contribution in [1.29, 1.82) is 0 Å². The molecule has 0 spiro atoms. The molecule has 122 valence electrons. The zero-order chi connectivity index (χ0) is 16.3. The van der Waals surface area contributed by atoms with E-state index in [1.54, 1.807) is 13.0 Å². The highest BCUT2D eigenvalue weighted by Crippen LogP contribution is 2.16. The molecule has 1 amide bonds. The molecule has 2 atom stereocenters. The lowest BCUT2D eigenvalue weighted by Crippen LogP contribution is -2.33. The van der Waals surface area contributed by atoms with Crippen molar-refractivity contribution in [3.05, 3.63) is 17.5 Å². The molecule has 2 rings (SSSR count). The first-order chi connectivity index (χ1) is 10.3. The molecular formula is C14H22N4O3S. The van der Waals surface area contributed by atoms with Crippen molar-refractivity contribution in [1.82, 2.24) is 15.3 Å². The van der Waals surface area contributed by atoms with Gasteiger partial charge in [0.25, 0.3) is 5.91 Å². The van der Waals surface area contributed by atoms with Gasteiger partial charge in [0.15, 0.2) is 9.84 Å². The molecule has 1 aliphatic rings. The van der Waals surface area contributed by atoms with Crippen LogP contribution in [0.4, 0.5) is 5.95 Å². The summed E-state index contributed by atoms with van der Waals surface area (Å²) in [6.07, 6.45) is 1.37. The van der Waals surface area contributed by atoms with Gasteiger partial charge >= 0.3 is 0 Å². The lowest BCUT2D eigenvalue weighted by Gasteiger charge is -2.14. The number of nitrogens with one attached hydrogen (secondary N) is 2. The topological polar surface area (TPSA) is 101 Å². The first-order valence-electron chi connectivity index (χ1n) is 7.42. The summed E-state index contributed by atoms with van der Waals surface area (Å²) in [5, 5.41) is 5.87. The van der Waals surface area contributed by atoms with Gasteiger partial charge in [-0.2, -0.15) is 0 Å². The highest BCUT2D eigenvalue weighted by atomic mass is 32.2. The van der Waals surface area contributed by atoms with Crippen molar-refractivity contribution >= 4 is 21.7 Å². The average Bonchev–Trinajstić information content (AvgIpc) is 2.76. The maximum Gasteiger partial charge on any atom is 0.270 e. The highest BCUT2D eigenvalue weighted by Gasteiger charge is 2.28. The highest BCUT2D eigenvalue weighted by molar-refractivity contribution is 7.91. The largest absolute Gasteiger partial charge is 0.350 e. The second-order valence-electron chi connectivity index (χ2n) is 5.75. The van der Waals surface area contributed by atoms with Crippen LogP contribution in [0.5, 0.6) is 0 Å². The van der Waals surface area contributed by atoms with Crippen LogP contribution >= 0.6 is 0 Å². The van der Waals surface area contributed by atoms with Crippen LogP contribution in [0.25, 0.3) is 0 Å². The molecule has 2 N–H and O–H groups in total. The number of aromatic nitrogens is 2. The number of sulfone groups is 1. The fourth-order valence-electron chi connectivity index (χ4n) is 2.24. The summed E-state index contributed by atoms with van der Waals surface area (Å²) in [6.45, 7) is 5.69. The Hall–Kier alpha value is -1.70. The summed E-state index contributed by atoms with van der Waals surface area (Å²) in [4.78, 5) is 20.6.